The van der Waals surface area contributed by atoms with Crippen molar-refractivity contribution in [2.24, 2.45) is 0 Å². The molecule has 0 spiro atoms. The van der Waals surface area contributed by atoms with Gasteiger partial charge in [0.05, 0.1) is 19.0 Å². The molecule has 1 aliphatic heterocycles. The zero-order chi connectivity index (χ0) is 18.4. The summed E-state index contributed by atoms with van der Waals surface area (Å²) in [6.45, 7) is 3.24. The van der Waals surface area contributed by atoms with Gasteiger partial charge < -0.3 is 19.8 Å². The van der Waals surface area contributed by atoms with Crippen LogP contribution in [0.1, 0.15) is 25.5 Å². The zero-order valence-electron chi connectivity index (χ0n) is 14.5. The molecule has 26 heavy (non-hydrogen) atoms. The Hall–Kier alpha value is -2.48. The van der Waals surface area contributed by atoms with Gasteiger partial charge in [-0.1, -0.05) is 25.1 Å². The summed E-state index contributed by atoms with van der Waals surface area (Å²) in [5.41, 5.74) is 1.18. The molecule has 0 bridgehead atoms. The first-order valence-electron chi connectivity index (χ1n) is 8.56. The monoisotopic (exact) mass is 375 g/mol. The van der Waals surface area contributed by atoms with Gasteiger partial charge in [0, 0.05) is 29.9 Å². The highest BCUT2D eigenvalue weighted by molar-refractivity contribution is 7.99. The van der Waals surface area contributed by atoms with Crippen molar-refractivity contribution in [1.82, 2.24) is 9.97 Å². The van der Waals surface area contributed by atoms with E-state index in [-0.39, 0.29) is 17.2 Å². The van der Waals surface area contributed by atoms with E-state index in [4.69, 9.17) is 9.47 Å². The van der Waals surface area contributed by atoms with Gasteiger partial charge in [-0.25, -0.2) is 4.98 Å². The van der Waals surface area contributed by atoms with Gasteiger partial charge in [0.1, 0.15) is 0 Å². The zero-order valence-corrected chi connectivity index (χ0v) is 15.4. The topological polar surface area (TPSA) is 93.3 Å². The number of ether oxygens (including phenoxy) is 2. The summed E-state index contributed by atoms with van der Waals surface area (Å²) in [6, 6.07) is 6.81. The molecule has 2 heterocycles. The molecule has 1 amide bonds. The van der Waals surface area contributed by atoms with E-state index >= 15 is 0 Å². The minimum Gasteiger partial charge on any atom is -0.490 e. The third-order valence-corrected chi connectivity index (χ3v) is 4.52. The molecule has 1 aromatic carbocycles. The number of carbonyl (C=O) groups excluding carboxylic acids is 1. The van der Waals surface area contributed by atoms with Crippen molar-refractivity contribution in [2.45, 2.75) is 31.3 Å². The Bertz CT molecular complexity index is 837. The Balaban J connectivity index is 1.59. The van der Waals surface area contributed by atoms with Crippen molar-refractivity contribution in [1.29, 1.82) is 0 Å². The Morgan fingerprint density at radius 1 is 1.27 bits per heavy atom. The highest BCUT2D eigenvalue weighted by Gasteiger charge is 2.12. The van der Waals surface area contributed by atoms with Gasteiger partial charge in [0.25, 0.3) is 5.56 Å². The normalized spacial score (nSPS) is 13.1. The van der Waals surface area contributed by atoms with Crippen LogP contribution in [-0.4, -0.2) is 34.8 Å². The predicted molar refractivity (Wildman–Crippen MR) is 100 cm³/mol. The third kappa shape index (κ3) is 5.01. The summed E-state index contributed by atoms with van der Waals surface area (Å²) in [7, 11) is 0. The number of aryl methyl sites for hydroxylation is 1. The number of nitrogens with one attached hydrogen (secondary N) is 2. The molecule has 7 nitrogen and oxygen atoms in total. The maximum Gasteiger partial charge on any atom is 0.251 e. The highest BCUT2D eigenvalue weighted by atomic mass is 32.2. The number of hydrogen-bond donors (Lipinski definition) is 2. The van der Waals surface area contributed by atoms with Gasteiger partial charge in [-0.05, 0) is 18.6 Å². The van der Waals surface area contributed by atoms with E-state index in [1.54, 1.807) is 18.2 Å². The lowest BCUT2D eigenvalue weighted by Crippen LogP contribution is -2.16. The standard InChI is InChI=1S/C18H21N3O4S/c1-2-4-12-10-16(22)21-18(20-12)26-11-17(23)19-13-5-6-14-15(9-13)25-8-3-7-24-14/h5-6,9-10H,2-4,7-8,11H2,1H3,(H,19,23)(H,20,21,22). The number of benzene rings is 1. The van der Waals surface area contributed by atoms with Crippen molar-refractivity contribution in [3.05, 3.63) is 40.3 Å². The number of hydrogen-bond acceptors (Lipinski definition) is 6. The van der Waals surface area contributed by atoms with E-state index < -0.39 is 0 Å². The van der Waals surface area contributed by atoms with Gasteiger partial charge in [-0.15, -0.1) is 0 Å². The molecule has 0 aliphatic carbocycles. The lowest BCUT2D eigenvalue weighted by Gasteiger charge is -2.10. The number of aromatic amines is 1. The SMILES string of the molecule is CCCc1cc(=O)[nH]c(SCC(=O)Nc2ccc3c(c2)OCCCO3)n1. The number of carbonyl (C=O) groups is 1. The molecule has 138 valence electrons. The van der Waals surface area contributed by atoms with Crippen LogP contribution in [0.4, 0.5) is 5.69 Å². The molecule has 3 rings (SSSR count). The molecule has 1 aliphatic rings. The van der Waals surface area contributed by atoms with Crippen molar-refractivity contribution in [3.63, 3.8) is 0 Å². The van der Waals surface area contributed by atoms with Crippen LogP contribution in [0.5, 0.6) is 11.5 Å². The van der Waals surface area contributed by atoms with Crippen molar-refractivity contribution < 1.29 is 14.3 Å². The summed E-state index contributed by atoms with van der Waals surface area (Å²) >= 11 is 1.20. The number of aromatic nitrogens is 2. The first-order valence-corrected chi connectivity index (χ1v) is 9.55. The Labute approximate surface area is 155 Å². The lowest BCUT2D eigenvalue weighted by molar-refractivity contribution is -0.113. The first kappa shape index (κ1) is 18.3. The maximum atomic E-state index is 12.2. The average Bonchev–Trinajstić information content (AvgIpc) is 2.85. The van der Waals surface area contributed by atoms with Gasteiger partial charge in [-0.2, -0.15) is 0 Å². The van der Waals surface area contributed by atoms with Crippen LogP contribution in [-0.2, 0) is 11.2 Å². The predicted octanol–water partition coefficient (Wildman–Crippen LogP) is 2.61. The minimum atomic E-state index is -0.200. The van der Waals surface area contributed by atoms with Crippen LogP contribution in [0.25, 0.3) is 0 Å². The van der Waals surface area contributed by atoms with Crippen molar-refractivity contribution in [2.75, 3.05) is 24.3 Å². The molecule has 0 atom stereocenters. The van der Waals surface area contributed by atoms with Crippen molar-refractivity contribution >= 4 is 23.4 Å². The molecule has 0 fully saturated rings. The van der Waals surface area contributed by atoms with E-state index in [0.717, 1.165) is 25.0 Å². The van der Waals surface area contributed by atoms with Crippen LogP contribution in [0.3, 0.4) is 0 Å². The molecular formula is C18H21N3O4S. The average molecular weight is 375 g/mol. The van der Waals surface area contributed by atoms with Gasteiger partial charge in [0.15, 0.2) is 16.7 Å². The number of anilines is 1. The summed E-state index contributed by atoms with van der Waals surface area (Å²) < 4.78 is 11.2. The summed E-state index contributed by atoms with van der Waals surface area (Å²) in [5.74, 6) is 1.27. The molecule has 1 aromatic heterocycles. The third-order valence-electron chi connectivity index (χ3n) is 3.65. The number of nitrogens with zero attached hydrogens (tertiary/aromatic N) is 1. The fourth-order valence-electron chi connectivity index (χ4n) is 2.51. The highest BCUT2D eigenvalue weighted by Crippen LogP contribution is 2.32. The van der Waals surface area contributed by atoms with E-state index in [9.17, 15) is 9.59 Å². The second-order valence-electron chi connectivity index (χ2n) is 5.84. The summed E-state index contributed by atoms with van der Waals surface area (Å²) in [5, 5.41) is 3.28. The Kier molecular flexibility index (Phi) is 6.17. The van der Waals surface area contributed by atoms with Gasteiger partial charge in [0.2, 0.25) is 5.91 Å². The quantitative estimate of drug-likeness (QED) is 0.595. The largest absolute Gasteiger partial charge is 0.490 e. The number of thioether (sulfide) groups is 1. The smallest absolute Gasteiger partial charge is 0.251 e. The number of rotatable bonds is 6. The van der Waals surface area contributed by atoms with Crippen LogP contribution >= 0.6 is 11.8 Å². The second kappa shape index (κ2) is 8.75. The van der Waals surface area contributed by atoms with Gasteiger partial charge >= 0.3 is 0 Å². The Morgan fingerprint density at radius 2 is 2.08 bits per heavy atom. The van der Waals surface area contributed by atoms with Crippen LogP contribution in [0, 0.1) is 0 Å². The lowest BCUT2D eigenvalue weighted by atomic mass is 10.2. The molecule has 8 heteroatoms. The molecule has 0 saturated carbocycles. The number of H-pyrrole nitrogens is 1. The number of fused-ring (bicyclic) bond motifs is 1. The van der Waals surface area contributed by atoms with E-state index in [0.29, 0.717) is 35.6 Å². The molecular weight excluding hydrogens is 354 g/mol. The molecule has 0 saturated heterocycles. The molecule has 0 unspecified atom stereocenters. The van der Waals surface area contributed by atoms with Crippen molar-refractivity contribution in [3.8, 4) is 11.5 Å². The molecule has 0 radical (unpaired) electrons. The summed E-state index contributed by atoms with van der Waals surface area (Å²) in [4.78, 5) is 30.9. The van der Waals surface area contributed by atoms with E-state index in [1.165, 1.54) is 17.8 Å². The van der Waals surface area contributed by atoms with Crippen LogP contribution in [0.15, 0.2) is 34.2 Å². The fraction of sp³-hybridized carbons (Fsp3) is 0.389. The van der Waals surface area contributed by atoms with E-state index in [2.05, 4.69) is 15.3 Å². The Morgan fingerprint density at radius 3 is 2.88 bits per heavy atom. The maximum absolute atomic E-state index is 12.2. The van der Waals surface area contributed by atoms with Crippen LogP contribution < -0.4 is 20.3 Å². The minimum absolute atomic E-state index is 0.146. The summed E-state index contributed by atoms with van der Waals surface area (Å²) in [6.07, 6.45) is 2.47. The number of amides is 1. The molecule has 2 aromatic rings. The fourth-order valence-corrected chi connectivity index (χ4v) is 3.20. The van der Waals surface area contributed by atoms with Gasteiger partial charge in [-0.3, -0.25) is 9.59 Å². The first-order chi connectivity index (χ1) is 12.6. The van der Waals surface area contributed by atoms with E-state index in [1.807, 2.05) is 6.92 Å². The molecule has 2 N–H and O–H groups in total. The van der Waals surface area contributed by atoms with Crippen LogP contribution in [0.2, 0.25) is 0 Å². The second-order valence-corrected chi connectivity index (χ2v) is 6.80.